The Morgan fingerprint density at radius 1 is 1.00 bits per heavy atom. The standard InChI is InChI=1S/C19H21F2N3O/c20-16-6-7-18(17(21)12-16)22-13-19(25)24-10-8-23(9-11-24)14-15-4-2-1-3-5-15/h1-7,12,22H,8-11,13-14H2. The zero-order chi connectivity index (χ0) is 17.6. The number of carbonyl (C=O) groups excluding carboxylic acids is 1. The van der Waals surface area contributed by atoms with Crippen LogP contribution < -0.4 is 5.32 Å². The zero-order valence-corrected chi connectivity index (χ0v) is 13.9. The van der Waals surface area contributed by atoms with Crippen LogP contribution in [-0.4, -0.2) is 48.4 Å². The predicted octanol–water partition coefficient (Wildman–Crippen LogP) is 2.72. The van der Waals surface area contributed by atoms with Gasteiger partial charge in [0.1, 0.15) is 11.6 Å². The van der Waals surface area contributed by atoms with Crippen LogP contribution in [0.5, 0.6) is 0 Å². The Labute approximate surface area is 146 Å². The van der Waals surface area contributed by atoms with Crippen LogP contribution in [-0.2, 0) is 11.3 Å². The van der Waals surface area contributed by atoms with Crippen LogP contribution in [0.25, 0.3) is 0 Å². The number of hydrogen-bond acceptors (Lipinski definition) is 3. The lowest BCUT2D eigenvalue weighted by Crippen LogP contribution is -2.49. The molecule has 132 valence electrons. The Morgan fingerprint density at radius 3 is 2.40 bits per heavy atom. The van der Waals surface area contributed by atoms with E-state index in [0.29, 0.717) is 13.1 Å². The topological polar surface area (TPSA) is 35.6 Å². The van der Waals surface area contributed by atoms with Crippen molar-refractivity contribution in [2.45, 2.75) is 6.54 Å². The summed E-state index contributed by atoms with van der Waals surface area (Å²) in [7, 11) is 0. The summed E-state index contributed by atoms with van der Waals surface area (Å²) in [4.78, 5) is 16.3. The average molecular weight is 345 g/mol. The zero-order valence-electron chi connectivity index (χ0n) is 13.9. The van der Waals surface area contributed by atoms with Gasteiger partial charge in [-0.1, -0.05) is 30.3 Å². The van der Waals surface area contributed by atoms with E-state index in [1.165, 1.54) is 11.6 Å². The lowest BCUT2D eigenvalue weighted by molar-refractivity contribution is -0.131. The molecule has 1 aliphatic rings. The van der Waals surface area contributed by atoms with Gasteiger partial charge in [-0.15, -0.1) is 0 Å². The second-order valence-corrected chi connectivity index (χ2v) is 6.12. The lowest BCUT2D eigenvalue weighted by atomic mass is 10.2. The lowest BCUT2D eigenvalue weighted by Gasteiger charge is -2.34. The first-order valence-electron chi connectivity index (χ1n) is 8.35. The fourth-order valence-electron chi connectivity index (χ4n) is 2.91. The third-order valence-electron chi connectivity index (χ3n) is 4.34. The van der Waals surface area contributed by atoms with Gasteiger partial charge in [-0.05, 0) is 17.7 Å². The molecule has 1 N–H and O–H groups in total. The summed E-state index contributed by atoms with van der Waals surface area (Å²) in [6.07, 6.45) is 0. The highest BCUT2D eigenvalue weighted by atomic mass is 19.1. The van der Waals surface area contributed by atoms with E-state index in [4.69, 9.17) is 0 Å². The van der Waals surface area contributed by atoms with Crippen molar-refractivity contribution < 1.29 is 13.6 Å². The number of benzene rings is 2. The van der Waals surface area contributed by atoms with E-state index in [2.05, 4.69) is 22.3 Å². The smallest absolute Gasteiger partial charge is 0.241 e. The average Bonchev–Trinajstić information content (AvgIpc) is 2.62. The van der Waals surface area contributed by atoms with Gasteiger partial charge in [-0.3, -0.25) is 9.69 Å². The van der Waals surface area contributed by atoms with Crippen molar-refractivity contribution in [2.24, 2.45) is 0 Å². The van der Waals surface area contributed by atoms with Crippen LogP contribution in [0.4, 0.5) is 14.5 Å². The minimum atomic E-state index is -0.694. The van der Waals surface area contributed by atoms with Gasteiger partial charge >= 0.3 is 0 Å². The highest BCUT2D eigenvalue weighted by Crippen LogP contribution is 2.15. The van der Waals surface area contributed by atoms with E-state index in [0.717, 1.165) is 31.8 Å². The van der Waals surface area contributed by atoms with Crippen LogP contribution in [0, 0.1) is 11.6 Å². The molecule has 1 saturated heterocycles. The summed E-state index contributed by atoms with van der Waals surface area (Å²) in [5.41, 5.74) is 1.40. The van der Waals surface area contributed by atoms with Crippen molar-refractivity contribution in [3.8, 4) is 0 Å². The second-order valence-electron chi connectivity index (χ2n) is 6.12. The van der Waals surface area contributed by atoms with Crippen molar-refractivity contribution >= 4 is 11.6 Å². The quantitative estimate of drug-likeness (QED) is 0.905. The van der Waals surface area contributed by atoms with Crippen LogP contribution >= 0.6 is 0 Å². The second kappa shape index (κ2) is 8.07. The van der Waals surface area contributed by atoms with Gasteiger partial charge in [0.25, 0.3) is 0 Å². The molecule has 0 unspecified atom stereocenters. The van der Waals surface area contributed by atoms with Crippen molar-refractivity contribution in [2.75, 3.05) is 38.0 Å². The molecule has 2 aromatic rings. The number of carbonyl (C=O) groups is 1. The van der Waals surface area contributed by atoms with Crippen molar-refractivity contribution in [1.82, 2.24) is 9.80 Å². The molecule has 2 aromatic carbocycles. The first-order chi connectivity index (χ1) is 12.1. The number of hydrogen-bond donors (Lipinski definition) is 1. The highest BCUT2D eigenvalue weighted by molar-refractivity contribution is 5.81. The van der Waals surface area contributed by atoms with Gasteiger partial charge in [-0.2, -0.15) is 0 Å². The van der Waals surface area contributed by atoms with Gasteiger partial charge in [0, 0.05) is 38.8 Å². The predicted molar refractivity (Wildman–Crippen MR) is 93.1 cm³/mol. The van der Waals surface area contributed by atoms with E-state index in [1.807, 2.05) is 18.2 Å². The normalized spacial score (nSPS) is 15.2. The van der Waals surface area contributed by atoms with E-state index in [1.54, 1.807) is 4.90 Å². The molecular formula is C19H21F2N3O. The molecule has 0 saturated carbocycles. The Bertz CT molecular complexity index is 716. The molecule has 25 heavy (non-hydrogen) atoms. The number of nitrogens with one attached hydrogen (secondary N) is 1. The maximum absolute atomic E-state index is 13.6. The fraction of sp³-hybridized carbons (Fsp3) is 0.316. The van der Waals surface area contributed by atoms with E-state index in [-0.39, 0.29) is 18.1 Å². The summed E-state index contributed by atoms with van der Waals surface area (Å²) in [6.45, 7) is 3.80. The van der Waals surface area contributed by atoms with Crippen LogP contribution in [0.15, 0.2) is 48.5 Å². The molecule has 1 amide bonds. The number of rotatable bonds is 5. The third kappa shape index (κ3) is 4.76. The van der Waals surface area contributed by atoms with Crippen molar-refractivity contribution in [3.63, 3.8) is 0 Å². The van der Waals surface area contributed by atoms with Crippen LogP contribution in [0.3, 0.4) is 0 Å². The summed E-state index contributed by atoms with van der Waals surface area (Å²) < 4.78 is 26.4. The molecule has 1 fully saturated rings. The highest BCUT2D eigenvalue weighted by Gasteiger charge is 2.21. The van der Waals surface area contributed by atoms with Gasteiger partial charge in [0.2, 0.25) is 5.91 Å². The summed E-state index contributed by atoms with van der Waals surface area (Å²) in [6, 6.07) is 13.5. The SMILES string of the molecule is O=C(CNc1ccc(F)cc1F)N1CCN(Cc2ccccc2)CC1. The molecule has 0 aromatic heterocycles. The summed E-state index contributed by atoms with van der Waals surface area (Å²) in [5.74, 6) is -1.41. The molecule has 6 heteroatoms. The van der Waals surface area contributed by atoms with Crippen LogP contribution in [0.2, 0.25) is 0 Å². The molecule has 1 heterocycles. The number of nitrogens with zero attached hydrogens (tertiary/aromatic N) is 2. The minimum absolute atomic E-state index is 0.00123. The van der Waals surface area contributed by atoms with Gasteiger partial charge in [-0.25, -0.2) is 8.78 Å². The molecule has 0 radical (unpaired) electrons. The maximum Gasteiger partial charge on any atom is 0.241 e. The minimum Gasteiger partial charge on any atom is -0.374 e. The summed E-state index contributed by atoms with van der Waals surface area (Å²) in [5, 5.41) is 2.74. The van der Waals surface area contributed by atoms with Crippen molar-refractivity contribution in [1.29, 1.82) is 0 Å². The Morgan fingerprint density at radius 2 is 1.72 bits per heavy atom. The van der Waals surface area contributed by atoms with Gasteiger partial charge in [0.05, 0.1) is 12.2 Å². The molecule has 0 aliphatic carbocycles. The molecule has 3 rings (SSSR count). The van der Waals surface area contributed by atoms with E-state index < -0.39 is 11.6 Å². The van der Waals surface area contributed by atoms with Gasteiger partial charge in [0.15, 0.2) is 0 Å². The van der Waals surface area contributed by atoms with Gasteiger partial charge < -0.3 is 10.2 Å². The van der Waals surface area contributed by atoms with E-state index in [9.17, 15) is 13.6 Å². The number of anilines is 1. The first kappa shape index (κ1) is 17.4. The summed E-state index contributed by atoms with van der Waals surface area (Å²) >= 11 is 0. The fourth-order valence-corrected chi connectivity index (χ4v) is 2.91. The molecule has 0 bridgehead atoms. The first-order valence-corrected chi connectivity index (χ1v) is 8.35. The maximum atomic E-state index is 13.6. The Hall–Kier alpha value is -2.47. The number of amides is 1. The molecule has 1 aliphatic heterocycles. The molecule has 0 spiro atoms. The van der Waals surface area contributed by atoms with E-state index >= 15 is 0 Å². The van der Waals surface area contributed by atoms with Crippen LogP contribution in [0.1, 0.15) is 5.56 Å². The number of piperazine rings is 1. The Kier molecular flexibility index (Phi) is 5.60. The number of halogens is 2. The molecule has 4 nitrogen and oxygen atoms in total. The van der Waals surface area contributed by atoms with Crippen molar-refractivity contribution in [3.05, 3.63) is 65.7 Å². The monoisotopic (exact) mass is 345 g/mol. The molecular weight excluding hydrogens is 324 g/mol. The third-order valence-corrected chi connectivity index (χ3v) is 4.34. The molecule has 0 atom stereocenters. The largest absolute Gasteiger partial charge is 0.374 e. The Balaban J connectivity index is 1.45.